The summed E-state index contributed by atoms with van der Waals surface area (Å²) in [6.45, 7) is 0. The van der Waals surface area contributed by atoms with E-state index in [9.17, 15) is 13.2 Å². The number of para-hydroxylation sites is 2. The second kappa shape index (κ2) is 7.62. The van der Waals surface area contributed by atoms with Crippen LogP contribution in [0.1, 0.15) is 5.56 Å². The molecule has 0 spiro atoms. The van der Waals surface area contributed by atoms with Crippen LogP contribution in [0.4, 0.5) is 16.2 Å². The maximum absolute atomic E-state index is 12.7. The lowest BCUT2D eigenvalue weighted by Crippen LogP contribution is -2.51. The number of anilines is 2. The number of hydrogen-bond acceptors (Lipinski definition) is 4. The van der Waals surface area contributed by atoms with Crippen LogP contribution in [-0.2, 0) is 16.5 Å². The first kappa shape index (κ1) is 18.9. The number of rotatable bonds is 5. The fourth-order valence-corrected chi connectivity index (χ4v) is 2.89. The minimum absolute atomic E-state index is 0.188. The van der Waals surface area contributed by atoms with E-state index in [1.807, 2.05) is 43.3 Å². The van der Waals surface area contributed by atoms with Gasteiger partial charge in [0, 0.05) is 14.1 Å². The van der Waals surface area contributed by atoms with Gasteiger partial charge in [0.15, 0.2) is 5.69 Å². The molecule has 134 valence electrons. The Morgan fingerprint density at radius 1 is 1.04 bits per heavy atom. The summed E-state index contributed by atoms with van der Waals surface area (Å²) in [4.78, 5) is 16.2. The van der Waals surface area contributed by atoms with Crippen LogP contribution in [0.15, 0.2) is 48.8 Å². The van der Waals surface area contributed by atoms with E-state index < -0.39 is 10.1 Å². The molecule has 1 aromatic carbocycles. The average Bonchev–Trinajstić information content (AvgIpc) is 2.58. The number of benzene rings is 1. The van der Waals surface area contributed by atoms with Crippen LogP contribution in [0.25, 0.3) is 0 Å². The van der Waals surface area contributed by atoms with Gasteiger partial charge < -0.3 is 4.90 Å². The number of aryl methyl sites for hydroxylation is 1. The Hall–Kier alpha value is -2.45. The molecule has 0 atom stereocenters. The van der Waals surface area contributed by atoms with Crippen molar-refractivity contribution in [2.45, 2.75) is 6.42 Å². The van der Waals surface area contributed by atoms with Crippen molar-refractivity contribution in [2.75, 3.05) is 36.7 Å². The van der Waals surface area contributed by atoms with Crippen molar-refractivity contribution in [3.05, 3.63) is 54.4 Å². The van der Waals surface area contributed by atoms with Crippen LogP contribution in [0.5, 0.6) is 0 Å². The summed E-state index contributed by atoms with van der Waals surface area (Å²) in [5.41, 5.74) is 2.42. The molecule has 0 saturated carbocycles. The normalized spacial score (nSPS) is 11.2. The maximum atomic E-state index is 12.7. The highest BCUT2D eigenvalue weighted by atomic mass is 32.2. The molecular weight excluding hydrogens is 342 g/mol. The van der Waals surface area contributed by atoms with Gasteiger partial charge in [-0.25, -0.2) is 0 Å². The van der Waals surface area contributed by atoms with E-state index in [-0.39, 0.29) is 18.2 Å². The molecule has 0 bridgehead atoms. The van der Waals surface area contributed by atoms with Gasteiger partial charge in [-0.05, 0) is 36.2 Å². The third-order valence-electron chi connectivity index (χ3n) is 3.78. The maximum Gasteiger partial charge on any atom is 0.502 e. The molecule has 0 fully saturated rings. The van der Waals surface area contributed by atoms with Crippen molar-refractivity contribution in [1.29, 1.82) is 0 Å². The molecule has 0 radical (unpaired) electrons. The summed E-state index contributed by atoms with van der Waals surface area (Å²) in [7, 11) is 1.52. The Morgan fingerprint density at radius 3 is 2.12 bits per heavy atom. The molecule has 1 amide bonds. The van der Waals surface area contributed by atoms with Crippen LogP contribution < -0.4 is 14.4 Å². The fourth-order valence-electron chi connectivity index (χ4n) is 2.40. The summed E-state index contributed by atoms with van der Waals surface area (Å²) in [6, 6.07) is 10.7. The molecule has 8 heteroatoms. The van der Waals surface area contributed by atoms with Gasteiger partial charge in [0.1, 0.15) is 0 Å². The van der Waals surface area contributed by atoms with Gasteiger partial charge in [0.25, 0.3) is 10.1 Å². The second-order valence-corrected chi connectivity index (χ2v) is 7.45. The van der Waals surface area contributed by atoms with E-state index in [1.165, 1.54) is 4.57 Å². The number of hydrogen-bond donors (Lipinski definition) is 1. The van der Waals surface area contributed by atoms with Crippen molar-refractivity contribution in [3.63, 3.8) is 0 Å². The quantitative estimate of drug-likeness (QED) is 0.643. The SMILES string of the molecule is CN(C)c1ccccc1N(C)C(=O)[n+]1ccc(CCS(=O)(=O)O)cc1. The van der Waals surface area contributed by atoms with Gasteiger partial charge in [-0.2, -0.15) is 22.7 Å². The molecule has 7 nitrogen and oxygen atoms in total. The Bertz CT molecular complexity index is 848. The number of nitrogens with zero attached hydrogens (tertiary/aromatic N) is 3. The zero-order chi connectivity index (χ0) is 18.6. The smallest absolute Gasteiger partial charge is 0.374 e. The highest BCUT2D eigenvalue weighted by Gasteiger charge is 2.25. The predicted molar refractivity (Wildman–Crippen MR) is 96.7 cm³/mol. The summed E-state index contributed by atoms with van der Waals surface area (Å²) in [5.74, 6) is -0.346. The Labute approximate surface area is 147 Å². The van der Waals surface area contributed by atoms with E-state index in [4.69, 9.17) is 4.55 Å². The third-order valence-corrected chi connectivity index (χ3v) is 4.50. The van der Waals surface area contributed by atoms with Crippen LogP contribution in [-0.4, -0.2) is 45.9 Å². The molecule has 0 aliphatic carbocycles. The lowest BCUT2D eigenvalue weighted by atomic mass is 10.2. The Kier molecular flexibility index (Phi) is 5.76. The average molecular weight is 364 g/mol. The molecule has 0 saturated heterocycles. The van der Waals surface area contributed by atoms with E-state index in [0.717, 1.165) is 16.9 Å². The largest absolute Gasteiger partial charge is 0.502 e. The van der Waals surface area contributed by atoms with Crippen molar-refractivity contribution < 1.29 is 22.3 Å². The van der Waals surface area contributed by atoms with E-state index >= 15 is 0 Å². The van der Waals surface area contributed by atoms with Crippen molar-refractivity contribution in [1.82, 2.24) is 0 Å². The summed E-state index contributed by atoms with van der Waals surface area (Å²) >= 11 is 0. The highest BCUT2D eigenvalue weighted by molar-refractivity contribution is 7.85. The molecule has 0 aliphatic heterocycles. The molecule has 2 aromatic rings. The molecule has 2 rings (SSSR count). The lowest BCUT2D eigenvalue weighted by molar-refractivity contribution is -0.569. The van der Waals surface area contributed by atoms with Gasteiger partial charge in [0.05, 0.1) is 30.9 Å². The van der Waals surface area contributed by atoms with E-state index in [1.54, 1.807) is 36.5 Å². The van der Waals surface area contributed by atoms with Gasteiger partial charge in [-0.3, -0.25) is 4.55 Å². The number of carbonyl (C=O) groups excluding carboxylic acids is 1. The fraction of sp³-hybridized carbons (Fsp3) is 0.294. The minimum Gasteiger partial charge on any atom is -0.374 e. The van der Waals surface area contributed by atoms with Crippen molar-refractivity contribution in [3.8, 4) is 0 Å². The number of pyridine rings is 1. The summed E-state index contributed by atoms with van der Waals surface area (Å²) in [5, 5.41) is 0. The molecule has 0 aliphatic rings. The zero-order valence-corrected chi connectivity index (χ0v) is 15.3. The van der Waals surface area contributed by atoms with Crippen molar-refractivity contribution in [2.24, 2.45) is 0 Å². The van der Waals surface area contributed by atoms with Crippen molar-refractivity contribution >= 4 is 27.5 Å². The van der Waals surface area contributed by atoms with Crippen LogP contribution >= 0.6 is 0 Å². The number of carbonyl (C=O) groups is 1. The molecule has 0 unspecified atom stereocenters. The summed E-state index contributed by atoms with van der Waals surface area (Å²) in [6.07, 6.45) is 3.35. The van der Waals surface area contributed by atoms with Crippen LogP contribution in [0.2, 0.25) is 0 Å². The standard InChI is InChI=1S/C17H21N3O4S/c1-18(2)15-6-4-5-7-16(15)19(3)17(21)20-11-8-14(9-12-20)10-13-25(22,23)24/h4-9,11-12H,10,13H2,1-3H3/p+1. The molecule has 1 heterocycles. The van der Waals surface area contributed by atoms with Crippen LogP contribution in [0, 0.1) is 0 Å². The van der Waals surface area contributed by atoms with Gasteiger partial charge >= 0.3 is 6.03 Å². The van der Waals surface area contributed by atoms with E-state index in [0.29, 0.717) is 0 Å². The monoisotopic (exact) mass is 364 g/mol. The molecule has 1 aromatic heterocycles. The number of aromatic nitrogens is 1. The first-order valence-electron chi connectivity index (χ1n) is 7.69. The predicted octanol–water partition coefficient (Wildman–Crippen LogP) is 1.57. The number of amides is 1. The van der Waals surface area contributed by atoms with E-state index in [2.05, 4.69) is 0 Å². The van der Waals surface area contributed by atoms with Gasteiger partial charge in [0.2, 0.25) is 0 Å². The Balaban J connectivity index is 2.18. The van der Waals surface area contributed by atoms with Gasteiger partial charge in [-0.1, -0.05) is 12.1 Å². The summed E-state index contributed by atoms with van der Waals surface area (Å²) < 4.78 is 31.8. The van der Waals surface area contributed by atoms with Gasteiger partial charge in [-0.15, -0.1) is 0 Å². The first-order chi connectivity index (χ1) is 11.7. The topological polar surface area (TPSA) is 81.8 Å². The zero-order valence-electron chi connectivity index (χ0n) is 14.5. The second-order valence-electron chi connectivity index (χ2n) is 5.87. The van der Waals surface area contributed by atoms with Crippen LogP contribution in [0.3, 0.4) is 0 Å². The molecule has 25 heavy (non-hydrogen) atoms. The first-order valence-corrected chi connectivity index (χ1v) is 9.30. The Morgan fingerprint density at radius 2 is 1.60 bits per heavy atom. The third kappa shape index (κ3) is 5.01. The molecular formula is C17H22N3O4S+. The lowest BCUT2D eigenvalue weighted by Gasteiger charge is -2.19. The highest BCUT2D eigenvalue weighted by Crippen LogP contribution is 2.26. The minimum atomic E-state index is -4.00. The molecule has 1 N–H and O–H groups in total.